The fraction of sp³-hybridized carbons (Fsp3) is 0.400. The van der Waals surface area contributed by atoms with E-state index in [9.17, 15) is 18.0 Å². The minimum absolute atomic E-state index is 0.0208. The van der Waals surface area contributed by atoms with Crippen molar-refractivity contribution in [3.8, 4) is 0 Å². The lowest BCUT2D eigenvalue weighted by Crippen LogP contribution is -2.27. The molecular weight excluding hydrogens is 313 g/mol. The molecule has 108 valence electrons. The summed E-state index contributed by atoms with van der Waals surface area (Å²) in [5.41, 5.74) is -0.538. The Morgan fingerprint density at radius 1 is 1.40 bits per heavy atom. The van der Waals surface area contributed by atoms with Crippen LogP contribution >= 0.6 is 23.1 Å². The summed E-state index contributed by atoms with van der Waals surface area (Å²) in [4.78, 5) is 23.2. The van der Waals surface area contributed by atoms with Crippen molar-refractivity contribution < 1.29 is 13.2 Å². The molecule has 0 aliphatic rings. The minimum Gasteiger partial charge on any atom is -0.275 e. The molecule has 0 saturated heterocycles. The molecule has 0 fully saturated rings. The highest BCUT2D eigenvalue weighted by Crippen LogP contribution is 2.32. The first-order valence-corrected chi connectivity index (χ1v) is 7.36. The van der Waals surface area contributed by atoms with E-state index in [0.29, 0.717) is 27.2 Å². The van der Waals surface area contributed by atoms with E-state index in [2.05, 4.69) is 15.0 Å². The number of hydrogen-bond donors (Lipinski definition) is 0. The van der Waals surface area contributed by atoms with E-state index in [4.69, 9.17) is 0 Å². The molecule has 2 heterocycles. The van der Waals surface area contributed by atoms with Crippen LogP contribution in [0.5, 0.6) is 0 Å². The Hall–Kier alpha value is -1.42. The van der Waals surface area contributed by atoms with E-state index >= 15 is 0 Å². The summed E-state index contributed by atoms with van der Waals surface area (Å²) in [5, 5.41) is -0.594. The summed E-state index contributed by atoms with van der Waals surface area (Å²) in [6.45, 7) is 1.58. The van der Waals surface area contributed by atoms with Crippen molar-refractivity contribution in [3.05, 3.63) is 32.4 Å². The largest absolute Gasteiger partial charge is 0.443 e. The van der Waals surface area contributed by atoms with Crippen LogP contribution in [-0.4, -0.2) is 25.8 Å². The van der Waals surface area contributed by atoms with Crippen molar-refractivity contribution >= 4 is 23.1 Å². The van der Waals surface area contributed by atoms with E-state index in [1.165, 1.54) is 16.3 Å². The van der Waals surface area contributed by atoms with E-state index in [1.54, 1.807) is 13.2 Å². The van der Waals surface area contributed by atoms with E-state index in [-0.39, 0.29) is 6.54 Å². The first-order valence-electron chi connectivity index (χ1n) is 5.32. The number of hydrogen-bond acceptors (Lipinski definition) is 6. The number of nitrogens with zero attached hydrogens (tertiary/aromatic N) is 4. The third-order valence-corrected chi connectivity index (χ3v) is 3.94. The van der Waals surface area contributed by atoms with Crippen LogP contribution in [0.2, 0.25) is 0 Å². The zero-order chi connectivity index (χ0) is 14.9. The van der Waals surface area contributed by atoms with Crippen molar-refractivity contribution in [1.29, 1.82) is 0 Å². The molecule has 0 saturated carbocycles. The molecule has 0 bridgehead atoms. The van der Waals surface area contributed by atoms with Crippen LogP contribution in [-0.2, 0) is 12.7 Å². The number of aromatic nitrogens is 4. The topological polar surface area (TPSA) is 60.7 Å². The lowest BCUT2D eigenvalue weighted by atomic mass is 10.5. The van der Waals surface area contributed by atoms with Crippen LogP contribution in [0.4, 0.5) is 13.2 Å². The van der Waals surface area contributed by atoms with Gasteiger partial charge < -0.3 is 0 Å². The zero-order valence-electron chi connectivity index (χ0n) is 10.4. The Kier molecular flexibility index (Phi) is 4.14. The van der Waals surface area contributed by atoms with Crippen LogP contribution in [0, 0.1) is 6.92 Å². The first kappa shape index (κ1) is 15.0. The Morgan fingerprint density at radius 2 is 2.10 bits per heavy atom. The Bertz CT molecular complexity index is 680. The molecule has 0 N–H and O–H groups in total. The molecule has 2 rings (SSSR count). The first-order chi connectivity index (χ1) is 9.31. The van der Waals surface area contributed by atoms with E-state index < -0.39 is 16.9 Å². The molecule has 0 aliphatic heterocycles. The Morgan fingerprint density at radius 3 is 2.60 bits per heavy atom. The van der Waals surface area contributed by atoms with Gasteiger partial charge >= 0.3 is 11.9 Å². The van der Waals surface area contributed by atoms with E-state index in [0.717, 1.165) is 6.20 Å². The average Bonchev–Trinajstić information content (AvgIpc) is 2.82. The third kappa shape index (κ3) is 3.18. The predicted molar refractivity (Wildman–Crippen MR) is 69.0 cm³/mol. The molecule has 5 nitrogen and oxygen atoms in total. The SMILES string of the molecule is CSc1nc(C)n(Cc2cnc(C(F)(F)F)s2)c(=O)n1. The molecular formula is C10H9F3N4OS2. The molecule has 0 amide bonds. The van der Waals surface area contributed by atoms with Gasteiger partial charge in [0, 0.05) is 11.1 Å². The average molecular weight is 322 g/mol. The minimum atomic E-state index is -4.47. The summed E-state index contributed by atoms with van der Waals surface area (Å²) in [6.07, 6.45) is -1.62. The Balaban J connectivity index is 2.31. The van der Waals surface area contributed by atoms with Crippen molar-refractivity contribution in [1.82, 2.24) is 19.5 Å². The van der Waals surface area contributed by atoms with Gasteiger partial charge in [0.15, 0.2) is 10.2 Å². The van der Waals surface area contributed by atoms with Gasteiger partial charge in [0.05, 0.1) is 6.54 Å². The molecule has 0 atom stereocenters. The summed E-state index contributed by atoms with van der Waals surface area (Å²) >= 11 is 1.73. The van der Waals surface area contributed by atoms with Crippen molar-refractivity contribution in [2.45, 2.75) is 24.8 Å². The maximum Gasteiger partial charge on any atom is 0.443 e. The molecule has 20 heavy (non-hydrogen) atoms. The number of thioether (sulfide) groups is 1. The fourth-order valence-electron chi connectivity index (χ4n) is 1.45. The standard InChI is InChI=1S/C10H9F3N4OS2/c1-5-15-8(19-2)16-9(18)17(5)4-6-3-14-7(20-6)10(11,12)13/h3H,4H2,1-2H3. The maximum absolute atomic E-state index is 12.4. The van der Waals surface area contributed by atoms with Crippen LogP contribution in [0.1, 0.15) is 15.7 Å². The van der Waals surface area contributed by atoms with Gasteiger partial charge in [-0.15, -0.1) is 11.3 Å². The number of thiazole rings is 1. The van der Waals surface area contributed by atoms with Crippen LogP contribution < -0.4 is 5.69 Å². The lowest BCUT2D eigenvalue weighted by Gasteiger charge is -2.07. The number of aryl methyl sites for hydroxylation is 1. The van der Waals surface area contributed by atoms with Gasteiger partial charge in [-0.2, -0.15) is 18.2 Å². The predicted octanol–water partition coefficient (Wildman–Crippen LogP) is 2.19. The smallest absolute Gasteiger partial charge is 0.275 e. The second-order valence-electron chi connectivity index (χ2n) is 3.76. The second-order valence-corrected chi connectivity index (χ2v) is 5.64. The molecule has 2 aromatic heterocycles. The molecule has 0 spiro atoms. The molecule has 0 aliphatic carbocycles. The normalized spacial score (nSPS) is 11.8. The van der Waals surface area contributed by atoms with Crippen molar-refractivity contribution in [2.75, 3.05) is 6.26 Å². The summed E-state index contributed by atoms with van der Waals surface area (Å²) in [7, 11) is 0. The summed E-state index contributed by atoms with van der Waals surface area (Å²) in [5.74, 6) is 0.399. The van der Waals surface area contributed by atoms with Gasteiger partial charge in [0.25, 0.3) is 0 Å². The highest BCUT2D eigenvalue weighted by atomic mass is 32.2. The Labute approximate surface area is 119 Å². The molecule has 2 aromatic rings. The van der Waals surface area contributed by atoms with Gasteiger partial charge in [0.1, 0.15) is 5.82 Å². The fourth-order valence-corrected chi connectivity index (χ4v) is 2.61. The highest BCUT2D eigenvalue weighted by molar-refractivity contribution is 7.98. The molecule has 0 aromatic carbocycles. The van der Waals surface area contributed by atoms with E-state index in [1.807, 2.05) is 0 Å². The molecule has 10 heteroatoms. The lowest BCUT2D eigenvalue weighted by molar-refractivity contribution is -0.137. The number of halogens is 3. The van der Waals surface area contributed by atoms with Crippen LogP contribution in [0.25, 0.3) is 0 Å². The zero-order valence-corrected chi connectivity index (χ0v) is 12.1. The van der Waals surface area contributed by atoms with Gasteiger partial charge in [-0.05, 0) is 13.2 Å². The van der Waals surface area contributed by atoms with Crippen molar-refractivity contribution in [3.63, 3.8) is 0 Å². The van der Waals surface area contributed by atoms with Gasteiger partial charge in [-0.25, -0.2) is 14.8 Å². The molecule has 0 unspecified atom stereocenters. The monoisotopic (exact) mass is 322 g/mol. The van der Waals surface area contributed by atoms with Crippen LogP contribution in [0.15, 0.2) is 16.1 Å². The summed E-state index contributed by atoms with van der Waals surface area (Å²) < 4.78 is 38.6. The van der Waals surface area contributed by atoms with Crippen LogP contribution in [0.3, 0.4) is 0 Å². The van der Waals surface area contributed by atoms with Gasteiger partial charge in [-0.1, -0.05) is 11.8 Å². The molecule has 0 radical (unpaired) electrons. The van der Waals surface area contributed by atoms with Gasteiger partial charge in [-0.3, -0.25) is 4.57 Å². The second kappa shape index (κ2) is 5.52. The summed E-state index contributed by atoms with van der Waals surface area (Å²) in [6, 6.07) is 0. The highest BCUT2D eigenvalue weighted by Gasteiger charge is 2.34. The number of rotatable bonds is 3. The van der Waals surface area contributed by atoms with Crippen molar-refractivity contribution in [2.24, 2.45) is 0 Å². The quantitative estimate of drug-likeness (QED) is 0.811. The number of alkyl halides is 3. The maximum atomic E-state index is 12.4. The third-order valence-electron chi connectivity index (χ3n) is 2.36. The van der Waals surface area contributed by atoms with Gasteiger partial charge in [0.2, 0.25) is 0 Å².